The molecule has 0 radical (unpaired) electrons. The molecule has 2 heterocycles. The summed E-state index contributed by atoms with van der Waals surface area (Å²) in [5.74, 6) is 0.620. The Balaban J connectivity index is 2.45. The number of aromatic nitrogens is 4. The first kappa shape index (κ1) is 14.9. The maximum Gasteiger partial charge on any atom is 0.321 e. The summed E-state index contributed by atoms with van der Waals surface area (Å²) >= 11 is 0. The molecule has 0 aliphatic rings. The van der Waals surface area contributed by atoms with E-state index in [1.54, 1.807) is 30.1 Å². The van der Waals surface area contributed by atoms with Crippen molar-refractivity contribution >= 4 is 21.2 Å². The summed E-state index contributed by atoms with van der Waals surface area (Å²) in [6, 6.07) is 6.07. The molecule has 2 rings (SSSR count). The molecule has 0 fully saturated rings. The molecule has 2 aromatic heterocycles. The number of hydrogen-bond acceptors (Lipinski definition) is 5. The quantitative estimate of drug-likeness (QED) is 0.676. The summed E-state index contributed by atoms with van der Waals surface area (Å²) in [6.45, 7) is 1.80. The lowest BCUT2D eigenvalue weighted by Crippen LogP contribution is -1.95. The number of nitrogens with two attached hydrogens (primary N) is 1. The van der Waals surface area contributed by atoms with Crippen LogP contribution in [0.25, 0.3) is 11.8 Å². The van der Waals surface area contributed by atoms with E-state index in [9.17, 15) is 0 Å². The van der Waals surface area contributed by atoms with Gasteiger partial charge in [0.05, 0.1) is 15.2 Å². The Kier molecular flexibility index (Phi) is 5.23. The molecule has 0 saturated heterocycles. The molecular formula is C14H16N5OP. The minimum atomic E-state index is 0.383. The summed E-state index contributed by atoms with van der Waals surface area (Å²) in [7, 11) is 2.16. The van der Waals surface area contributed by atoms with Crippen molar-refractivity contribution < 1.29 is 4.52 Å². The van der Waals surface area contributed by atoms with Crippen LogP contribution in [0.15, 0.2) is 48.8 Å². The predicted molar refractivity (Wildman–Crippen MR) is 86.0 cm³/mol. The third kappa shape index (κ3) is 4.00. The summed E-state index contributed by atoms with van der Waals surface area (Å²) in [5.41, 5.74) is 6.99. The van der Waals surface area contributed by atoms with E-state index in [1.165, 1.54) is 6.20 Å². The molecular weight excluding hydrogens is 285 g/mol. The normalized spacial score (nSPS) is 12.4. The fourth-order valence-corrected chi connectivity index (χ4v) is 1.82. The smallest absolute Gasteiger partial charge is 0.321 e. The number of nitrogens with zero attached hydrogens (tertiary/aromatic N) is 4. The molecule has 21 heavy (non-hydrogen) atoms. The third-order valence-electron chi connectivity index (χ3n) is 2.53. The molecule has 0 spiro atoms. The maximum atomic E-state index is 5.34. The van der Waals surface area contributed by atoms with E-state index in [1.807, 2.05) is 30.4 Å². The van der Waals surface area contributed by atoms with Crippen LogP contribution in [0.4, 0.5) is 0 Å². The van der Waals surface area contributed by atoms with Crippen LogP contribution >= 0.6 is 9.47 Å². The van der Waals surface area contributed by atoms with E-state index in [0.29, 0.717) is 11.8 Å². The van der Waals surface area contributed by atoms with Gasteiger partial charge in [-0.25, -0.2) is 0 Å². The molecule has 0 aliphatic heterocycles. The SMILES string of the molecule is Cc1nc(OP)n(/C=C(/C=C\C=C/N)c2ccccn2)n1. The lowest BCUT2D eigenvalue weighted by Gasteiger charge is -2.03. The van der Waals surface area contributed by atoms with Crippen molar-refractivity contribution in [1.82, 2.24) is 19.7 Å². The highest BCUT2D eigenvalue weighted by Gasteiger charge is 2.07. The van der Waals surface area contributed by atoms with Crippen LogP contribution in [-0.4, -0.2) is 19.7 Å². The standard InChI is InChI=1S/C14H16N5OP/c1-11-17-14(20-21)19(18-11)10-12(6-2-4-8-15)13-7-3-5-9-16-13/h2-10H,15,21H2,1H3/b6-2-,8-4-,12-10-. The number of hydrogen-bond donors (Lipinski definition) is 1. The fraction of sp³-hybridized carbons (Fsp3) is 0.0714. The van der Waals surface area contributed by atoms with Crippen LogP contribution in [0.2, 0.25) is 0 Å². The molecule has 1 unspecified atom stereocenters. The van der Waals surface area contributed by atoms with Gasteiger partial charge in [0, 0.05) is 18.0 Å². The second-order valence-electron chi connectivity index (χ2n) is 4.05. The van der Waals surface area contributed by atoms with Gasteiger partial charge in [0.25, 0.3) is 0 Å². The van der Waals surface area contributed by atoms with Gasteiger partial charge >= 0.3 is 6.01 Å². The van der Waals surface area contributed by atoms with E-state index in [4.69, 9.17) is 10.3 Å². The summed E-state index contributed by atoms with van der Waals surface area (Å²) < 4.78 is 6.67. The van der Waals surface area contributed by atoms with Crippen molar-refractivity contribution in [1.29, 1.82) is 0 Å². The molecule has 6 nitrogen and oxygen atoms in total. The van der Waals surface area contributed by atoms with Gasteiger partial charge in [-0.1, -0.05) is 18.2 Å². The van der Waals surface area contributed by atoms with Crippen molar-refractivity contribution in [3.63, 3.8) is 0 Å². The Morgan fingerprint density at radius 1 is 1.38 bits per heavy atom. The zero-order valence-corrected chi connectivity index (χ0v) is 12.7. The van der Waals surface area contributed by atoms with Gasteiger partial charge in [0.1, 0.15) is 0 Å². The molecule has 2 N–H and O–H groups in total. The molecule has 0 bridgehead atoms. The van der Waals surface area contributed by atoms with Gasteiger partial charge in [-0.3, -0.25) is 4.98 Å². The molecule has 0 aromatic carbocycles. The zero-order valence-electron chi connectivity index (χ0n) is 11.5. The summed E-state index contributed by atoms with van der Waals surface area (Å²) in [4.78, 5) is 8.49. The minimum absolute atomic E-state index is 0.383. The lowest BCUT2D eigenvalue weighted by atomic mass is 10.1. The zero-order chi connectivity index (χ0) is 15.1. The largest absolute Gasteiger partial charge is 0.449 e. The van der Waals surface area contributed by atoms with Gasteiger partial charge in [-0.05, 0) is 31.3 Å². The Bertz CT molecular complexity index is 676. The van der Waals surface area contributed by atoms with E-state index in [-0.39, 0.29) is 0 Å². The highest BCUT2D eigenvalue weighted by Crippen LogP contribution is 2.18. The van der Waals surface area contributed by atoms with Gasteiger partial charge in [0.2, 0.25) is 0 Å². The van der Waals surface area contributed by atoms with Gasteiger partial charge in [-0.2, -0.15) is 9.67 Å². The number of allylic oxidation sites excluding steroid dienone is 4. The van der Waals surface area contributed by atoms with Crippen molar-refractivity contribution in [2.24, 2.45) is 5.73 Å². The fourth-order valence-electron chi connectivity index (χ4n) is 1.66. The highest BCUT2D eigenvalue weighted by atomic mass is 31.0. The molecule has 0 aliphatic carbocycles. The lowest BCUT2D eigenvalue weighted by molar-refractivity contribution is 0.566. The number of pyridine rings is 1. The highest BCUT2D eigenvalue weighted by molar-refractivity contribution is 7.10. The number of rotatable bonds is 5. The van der Waals surface area contributed by atoms with Crippen LogP contribution < -0.4 is 10.3 Å². The van der Waals surface area contributed by atoms with Crippen LogP contribution in [0.5, 0.6) is 6.01 Å². The van der Waals surface area contributed by atoms with Gasteiger partial charge in [0.15, 0.2) is 5.82 Å². The van der Waals surface area contributed by atoms with E-state index in [0.717, 1.165) is 11.3 Å². The van der Waals surface area contributed by atoms with Crippen LogP contribution in [0.1, 0.15) is 11.5 Å². The van der Waals surface area contributed by atoms with Crippen molar-refractivity contribution in [3.05, 3.63) is 60.3 Å². The second kappa shape index (κ2) is 7.36. The average Bonchev–Trinajstić information content (AvgIpc) is 2.87. The molecule has 0 amide bonds. The summed E-state index contributed by atoms with van der Waals surface area (Å²) in [5, 5.41) is 4.26. The van der Waals surface area contributed by atoms with E-state index < -0.39 is 0 Å². The topological polar surface area (TPSA) is 78.9 Å². The molecule has 0 saturated carbocycles. The first-order valence-corrected chi connectivity index (χ1v) is 6.70. The van der Waals surface area contributed by atoms with Crippen molar-refractivity contribution in [3.8, 4) is 6.01 Å². The predicted octanol–water partition coefficient (Wildman–Crippen LogP) is 2.18. The van der Waals surface area contributed by atoms with Crippen LogP contribution in [0, 0.1) is 6.92 Å². The number of aryl methyl sites for hydroxylation is 1. The third-order valence-corrected chi connectivity index (χ3v) is 2.74. The molecule has 2 aromatic rings. The first-order chi connectivity index (χ1) is 10.2. The maximum absolute atomic E-state index is 5.34. The van der Waals surface area contributed by atoms with Crippen molar-refractivity contribution in [2.75, 3.05) is 0 Å². The van der Waals surface area contributed by atoms with Crippen molar-refractivity contribution in [2.45, 2.75) is 6.92 Å². The molecule has 1 atom stereocenters. The van der Waals surface area contributed by atoms with E-state index >= 15 is 0 Å². The Labute approximate surface area is 125 Å². The van der Waals surface area contributed by atoms with E-state index in [2.05, 4.69) is 24.5 Å². The van der Waals surface area contributed by atoms with Gasteiger partial charge in [-0.15, -0.1) is 5.10 Å². The monoisotopic (exact) mass is 301 g/mol. The first-order valence-electron chi connectivity index (χ1n) is 6.22. The van der Waals surface area contributed by atoms with Crippen LogP contribution in [0.3, 0.4) is 0 Å². The van der Waals surface area contributed by atoms with Gasteiger partial charge < -0.3 is 10.3 Å². The summed E-state index contributed by atoms with van der Waals surface area (Å²) in [6.07, 6.45) is 10.4. The Hall–Kier alpha value is -2.46. The minimum Gasteiger partial charge on any atom is -0.449 e. The van der Waals surface area contributed by atoms with Crippen LogP contribution in [-0.2, 0) is 0 Å². The second-order valence-corrected chi connectivity index (χ2v) is 4.28. The molecule has 108 valence electrons. The molecule has 7 heteroatoms. The Morgan fingerprint density at radius 2 is 2.24 bits per heavy atom. The Morgan fingerprint density at radius 3 is 2.90 bits per heavy atom. The average molecular weight is 301 g/mol.